The molecule has 1 aliphatic rings. The number of hydrogen-bond acceptors (Lipinski definition) is 3. The minimum absolute atomic E-state index is 0.0664. The van der Waals surface area contributed by atoms with Crippen LogP contribution in [0.3, 0.4) is 0 Å². The highest BCUT2D eigenvalue weighted by molar-refractivity contribution is 8.00. The minimum Gasteiger partial charge on any atom is -0.326 e. The fraction of sp³-hybridized carbons (Fsp3) is 0.333. The van der Waals surface area contributed by atoms with Crippen LogP contribution in [0.25, 0.3) is 0 Å². The zero-order chi connectivity index (χ0) is 19.6. The normalized spacial score (nSPS) is 17.3. The summed E-state index contributed by atoms with van der Waals surface area (Å²) in [6.45, 7) is 5.64. The molecule has 1 atom stereocenters. The summed E-state index contributed by atoms with van der Waals surface area (Å²) >= 11 is 7.48. The smallest absolute Gasteiger partial charge is 0.238 e. The van der Waals surface area contributed by atoms with Gasteiger partial charge in [0.25, 0.3) is 0 Å². The number of alkyl halides is 1. The van der Waals surface area contributed by atoms with E-state index in [2.05, 4.69) is 5.32 Å². The molecule has 3 rings (SSSR count). The molecule has 0 aliphatic carbocycles. The Morgan fingerprint density at radius 1 is 1.26 bits per heavy atom. The molecular weight excluding hydrogens is 380 g/mol. The molecule has 6 heteroatoms. The van der Waals surface area contributed by atoms with Crippen LogP contribution in [0.5, 0.6) is 0 Å². The molecule has 2 aromatic rings. The molecule has 27 heavy (non-hydrogen) atoms. The molecule has 0 saturated carbocycles. The third-order valence-corrected chi connectivity index (χ3v) is 6.43. The van der Waals surface area contributed by atoms with Gasteiger partial charge < -0.3 is 5.32 Å². The van der Waals surface area contributed by atoms with Crippen LogP contribution in [0, 0.1) is 12.3 Å². The molecule has 0 unspecified atom stereocenters. The summed E-state index contributed by atoms with van der Waals surface area (Å²) < 4.78 is 0. The topological polar surface area (TPSA) is 49.4 Å². The molecule has 1 fully saturated rings. The van der Waals surface area contributed by atoms with E-state index in [1.165, 1.54) is 0 Å². The summed E-state index contributed by atoms with van der Waals surface area (Å²) in [7, 11) is 0. The van der Waals surface area contributed by atoms with Crippen molar-refractivity contribution in [2.24, 2.45) is 5.41 Å². The Morgan fingerprint density at radius 2 is 1.96 bits per heavy atom. The number of hydrogen-bond donors (Lipinski definition) is 1. The number of carbonyl (C=O) groups excluding carboxylic acids is 2. The average Bonchev–Trinajstić information content (AvgIpc) is 3.03. The molecule has 142 valence electrons. The molecule has 1 N–H and O–H groups in total. The number of carbonyl (C=O) groups is 2. The molecule has 0 radical (unpaired) electrons. The van der Waals surface area contributed by atoms with Gasteiger partial charge in [-0.15, -0.1) is 23.4 Å². The number of thioether (sulfide) groups is 1. The predicted octanol–water partition coefficient (Wildman–Crippen LogP) is 4.98. The van der Waals surface area contributed by atoms with Crippen molar-refractivity contribution in [3.63, 3.8) is 0 Å². The molecule has 4 nitrogen and oxygen atoms in total. The van der Waals surface area contributed by atoms with Gasteiger partial charge in [0.1, 0.15) is 5.37 Å². The van der Waals surface area contributed by atoms with Crippen molar-refractivity contribution in [2.75, 3.05) is 21.8 Å². The Morgan fingerprint density at radius 3 is 2.59 bits per heavy atom. The van der Waals surface area contributed by atoms with E-state index in [0.717, 1.165) is 22.5 Å². The first-order chi connectivity index (χ1) is 12.8. The highest BCUT2D eigenvalue weighted by atomic mass is 35.5. The number of rotatable bonds is 5. The summed E-state index contributed by atoms with van der Waals surface area (Å²) in [6, 6.07) is 15.6. The number of amides is 2. The maximum atomic E-state index is 12.5. The first-order valence-corrected chi connectivity index (χ1v) is 10.4. The van der Waals surface area contributed by atoms with E-state index in [9.17, 15) is 9.59 Å². The summed E-state index contributed by atoms with van der Waals surface area (Å²) in [5.74, 6) is 0.707. The molecule has 1 aliphatic heterocycles. The number of nitrogens with one attached hydrogen (secondary N) is 1. The van der Waals surface area contributed by atoms with E-state index in [4.69, 9.17) is 11.6 Å². The number of halogens is 1. The lowest BCUT2D eigenvalue weighted by atomic mass is 9.95. The Labute approximate surface area is 169 Å². The summed E-state index contributed by atoms with van der Waals surface area (Å²) in [5.41, 5.74) is 3.16. The molecule has 2 amide bonds. The van der Waals surface area contributed by atoms with Crippen molar-refractivity contribution in [3.8, 4) is 0 Å². The third kappa shape index (κ3) is 4.30. The van der Waals surface area contributed by atoms with E-state index in [0.29, 0.717) is 5.75 Å². The zero-order valence-electron chi connectivity index (χ0n) is 15.7. The van der Waals surface area contributed by atoms with Crippen LogP contribution in [0.2, 0.25) is 0 Å². The molecule has 2 aromatic carbocycles. The van der Waals surface area contributed by atoms with Crippen LogP contribution in [-0.2, 0) is 9.59 Å². The third-order valence-electron chi connectivity index (χ3n) is 4.55. The van der Waals surface area contributed by atoms with E-state index in [1.807, 2.05) is 74.2 Å². The quantitative estimate of drug-likeness (QED) is 0.717. The molecule has 0 aromatic heterocycles. The lowest BCUT2D eigenvalue weighted by Gasteiger charge is -2.25. The van der Waals surface area contributed by atoms with Crippen molar-refractivity contribution in [3.05, 3.63) is 59.7 Å². The Bertz CT molecular complexity index is 852. The van der Waals surface area contributed by atoms with Crippen LogP contribution in [0.1, 0.15) is 30.3 Å². The molecule has 1 heterocycles. The van der Waals surface area contributed by atoms with Gasteiger partial charge in [-0.1, -0.05) is 24.3 Å². The van der Waals surface area contributed by atoms with Crippen molar-refractivity contribution in [1.29, 1.82) is 0 Å². The number of nitrogens with zero attached hydrogens (tertiary/aromatic N) is 1. The van der Waals surface area contributed by atoms with Gasteiger partial charge in [0, 0.05) is 17.3 Å². The van der Waals surface area contributed by atoms with Gasteiger partial charge in [0.15, 0.2) is 0 Å². The van der Waals surface area contributed by atoms with Crippen LogP contribution in [0.4, 0.5) is 11.4 Å². The lowest BCUT2D eigenvalue weighted by Crippen LogP contribution is -2.32. The van der Waals surface area contributed by atoms with E-state index in [-0.39, 0.29) is 23.1 Å². The van der Waals surface area contributed by atoms with Crippen molar-refractivity contribution < 1.29 is 9.59 Å². The van der Waals surface area contributed by atoms with Crippen LogP contribution in [-0.4, -0.2) is 23.4 Å². The summed E-state index contributed by atoms with van der Waals surface area (Å²) in [4.78, 5) is 26.6. The van der Waals surface area contributed by atoms with Gasteiger partial charge >= 0.3 is 0 Å². The first-order valence-electron chi connectivity index (χ1n) is 8.79. The fourth-order valence-electron chi connectivity index (χ4n) is 2.82. The average molecular weight is 403 g/mol. The van der Waals surface area contributed by atoms with Gasteiger partial charge in [0.05, 0.1) is 11.2 Å². The number of benzene rings is 2. The second-order valence-corrected chi connectivity index (χ2v) is 8.70. The second kappa shape index (κ2) is 7.95. The van der Waals surface area contributed by atoms with Gasteiger partial charge in [-0.05, 0) is 56.2 Å². The van der Waals surface area contributed by atoms with E-state index < -0.39 is 5.41 Å². The number of anilines is 2. The fourth-order valence-corrected chi connectivity index (χ4v) is 4.12. The predicted molar refractivity (Wildman–Crippen MR) is 113 cm³/mol. The summed E-state index contributed by atoms with van der Waals surface area (Å²) in [6.07, 6.45) is 0. The molecule has 0 spiro atoms. The van der Waals surface area contributed by atoms with Crippen molar-refractivity contribution in [1.82, 2.24) is 0 Å². The monoisotopic (exact) mass is 402 g/mol. The maximum Gasteiger partial charge on any atom is 0.238 e. The Balaban J connectivity index is 1.80. The van der Waals surface area contributed by atoms with Gasteiger partial charge in [-0.2, -0.15) is 0 Å². The SMILES string of the molecule is Cc1cccc(N2C(=O)CS[C@@H]2c2ccc(NC(=O)C(C)(C)CCl)cc2)c1. The largest absolute Gasteiger partial charge is 0.326 e. The lowest BCUT2D eigenvalue weighted by molar-refractivity contribution is -0.123. The van der Waals surface area contributed by atoms with Crippen molar-refractivity contribution >= 4 is 46.6 Å². The van der Waals surface area contributed by atoms with Gasteiger partial charge in [-0.25, -0.2) is 0 Å². The minimum atomic E-state index is -0.629. The summed E-state index contributed by atoms with van der Waals surface area (Å²) in [5, 5.41) is 2.83. The highest BCUT2D eigenvalue weighted by Crippen LogP contribution is 2.42. The zero-order valence-corrected chi connectivity index (χ0v) is 17.2. The Kier molecular flexibility index (Phi) is 5.82. The standard InChI is InChI=1S/C21H23ClN2O2S/c1-14-5-4-6-17(11-14)24-18(25)12-27-19(24)15-7-9-16(10-8-15)23-20(26)21(2,3)13-22/h4-11,19H,12-13H2,1-3H3,(H,23,26)/t19-/m1/s1. The highest BCUT2D eigenvalue weighted by Gasteiger charge is 2.34. The van der Waals surface area contributed by atoms with Gasteiger partial charge in [0.2, 0.25) is 11.8 Å². The molecular formula is C21H23ClN2O2S. The second-order valence-electron chi connectivity index (χ2n) is 7.36. The number of aryl methyl sites for hydroxylation is 1. The molecule has 0 bridgehead atoms. The maximum absolute atomic E-state index is 12.5. The van der Waals surface area contributed by atoms with Crippen molar-refractivity contribution in [2.45, 2.75) is 26.1 Å². The first kappa shape index (κ1) is 19.8. The molecule has 1 saturated heterocycles. The van der Waals surface area contributed by atoms with E-state index in [1.54, 1.807) is 11.8 Å². The Hall–Kier alpha value is -1.98. The van der Waals surface area contributed by atoms with Gasteiger partial charge in [-0.3, -0.25) is 14.5 Å². The van der Waals surface area contributed by atoms with Crippen LogP contribution in [0.15, 0.2) is 48.5 Å². The van der Waals surface area contributed by atoms with Crippen LogP contribution >= 0.6 is 23.4 Å². The van der Waals surface area contributed by atoms with E-state index >= 15 is 0 Å². The van der Waals surface area contributed by atoms with Crippen LogP contribution < -0.4 is 10.2 Å².